The highest BCUT2D eigenvalue weighted by Crippen LogP contribution is 2.44. The van der Waals surface area contributed by atoms with Crippen molar-refractivity contribution in [2.45, 2.75) is 72.1 Å². The Morgan fingerprint density at radius 3 is 2.73 bits per heavy atom. The van der Waals surface area contributed by atoms with E-state index in [0.717, 1.165) is 55.8 Å². The van der Waals surface area contributed by atoms with E-state index >= 15 is 0 Å². The molecule has 1 aliphatic carbocycles. The number of piperidine rings is 1. The van der Waals surface area contributed by atoms with Crippen LogP contribution in [0.3, 0.4) is 0 Å². The smallest absolute Gasteiger partial charge is 0.404 e. The van der Waals surface area contributed by atoms with Crippen molar-refractivity contribution >= 4 is 43.9 Å². The van der Waals surface area contributed by atoms with Crippen molar-refractivity contribution in [2.24, 2.45) is 14.9 Å². The third-order valence-corrected chi connectivity index (χ3v) is 7.81. The summed E-state index contributed by atoms with van der Waals surface area (Å²) < 4.78 is 71.9. The first-order valence-electron chi connectivity index (χ1n) is 12.0. The first kappa shape index (κ1) is 29.0. The number of esters is 1. The van der Waals surface area contributed by atoms with Crippen molar-refractivity contribution in [3.63, 3.8) is 0 Å². The van der Waals surface area contributed by atoms with Crippen LogP contribution in [0.25, 0.3) is 0 Å². The fourth-order valence-corrected chi connectivity index (χ4v) is 5.79. The maximum atomic E-state index is 12.9. The van der Waals surface area contributed by atoms with Gasteiger partial charge in [0.15, 0.2) is 5.75 Å². The largest absolute Gasteiger partial charge is 0.458 e. The summed E-state index contributed by atoms with van der Waals surface area (Å²) in [5.74, 6) is -2.72. The van der Waals surface area contributed by atoms with Gasteiger partial charge in [0.25, 0.3) is 10.0 Å². The van der Waals surface area contributed by atoms with Crippen molar-refractivity contribution < 1.29 is 31.1 Å². The van der Waals surface area contributed by atoms with Crippen molar-refractivity contribution in [1.82, 2.24) is 15.1 Å². The lowest BCUT2D eigenvalue weighted by Gasteiger charge is -2.46. The van der Waals surface area contributed by atoms with Crippen LogP contribution in [0.15, 0.2) is 21.3 Å². The number of likely N-dealkylation sites (tertiary alicyclic amines) is 1. The fourth-order valence-electron chi connectivity index (χ4n) is 4.28. The maximum Gasteiger partial charge on any atom is 0.404 e. The number of fused-ring (bicyclic) bond motifs is 1. The van der Waals surface area contributed by atoms with Gasteiger partial charge in [-0.2, -0.15) is 22.7 Å². The Balaban J connectivity index is 1.97. The van der Waals surface area contributed by atoms with Crippen LogP contribution in [0.2, 0.25) is 0 Å². The quantitative estimate of drug-likeness (QED) is 0.346. The fraction of sp³-hybridized carbons (Fsp3) is 0.682. The molecular formula is C22H31F3N6O4S2. The van der Waals surface area contributed by atoms with Crippen LogP contribution in [0.1, 0.15) is 69.6 Å². The Kier molecular flexibility index (Phi) is 8.98. The van der Waals surface area contributed by atoms with Crippen LogP contribution in [-0.2, 0) is 14.8 Å². The summed E-state index contributed by atoms with van der Waals surface area (Å²) in [6, 6.07) is 0. The van der Waals surface area contributed by atoms with Crippen LogP contribution in [0.5, 0.6) is 0 Å². The lowest BCUT2D eigenvalue weighted by Crippen LogP contribution is -2.45. The summed E-state index contributed by atoms with van der Waals surface area (Å²) in [6.45, 7) is 9.00. The summed E-state index contributed by atoms with van der Waals surface area (Å²) in [7, 11) is -4.86. The molecule has 1 aromatic heterocycles. The van der Waals surface area contributed by atoms with Crippen molar-refractivity contribution in [1.29, 1.82) is 0 Å². The number of rotatable bonds is 9. The molecule has 2 aliphatic rings. The number of sulfonamides is 1. The number of aromatic nitrogens is 2. The zero-order chi connectivity index (χ0) is 27.4. The number of nitrogens with zero attached hydrogens (tertiary/aromatic N) is 5. The topological polar surface area (TPSA) is 126 Å². The molecule has 2 heterocycles. The second kappa shape index (κ2) is 11.5. The van der Waals surface area contributed by atoms with E-state index in [2.05, 4.69) is 36.9 Å². The molecule has 0 aromatic carbocycles. The average Bonchev–Trinajstić information content (AvgIpc) is 3.23. The van der Waals surface area contributed by atoms with Gasteiger partial charge in [-0.15, -0.1) is 10.2 Å². The molecule has 37 heavy (non-hydrogen) atoms. The molecule has 0 saturated carbocycles. The van der Waals surface area contributed by atoms with E-state index in [1.54, 1.807) is 13.8 Å². The van der Waals surface area contributed by atoms with Crippen LogP contribution >= 0.6 is 11.3 Å². The van der Waals surface area contributed by atoms with E-state index in [1.165, 1.54) is 6.08 Å². The molecule has 10 nitrogen and oxygen atoms in total. The molecule has 0 amide bonds. The van der Waals surface area contributed by atoms with E-state index < -0.39 is 33.3 Å². The van der Waals surface area contributed by atoms with Crippen molar-refractivity contribution in [2.75, 3.05) is 24.3 Å². The Morgan fingerprint density at radius 2 is 2.08 bits per heavy atom. The molecule has 0 radical (unpaired) electrons. The number of allylic oxidation sites excluding steroid dienone is 2. The van der Waals surface area contributed by atoms with E-state index in [1.807, 2.05) is 6.92 Å². The van der Waals surface area contributed by atoms with Gasteiger partial charge in [0, 0.05) is 30.6 Å². The van der Waals surface area contributed by atoms with Crippen LogP contribution in [0, 0.1) is 5.41 Å². The highest BCUT2D eigenvalue weighted by Gasteiger charge is 2.42. The molecule has 0 spiro atoms. The molecular weight excluding hydrogens is 533 g/mol. The summed E-state index contributed by atoms with van der Waals surface area (Å²) in [4.78, 5) is 14.2. The molecule has 1 saturated heterocycles. The predicted molar refractivity (Wildman–Crippen MR) is 135 cm³/mol. The van der Waals surface area contributed by atoms with Crippen molar-refractivity contribution in [3.05, 3.63) is 16.8 Å². The number of nitrogens with one attached hydrogen (secondary N) is 1. The summed E-state index contributed by atoms with van der Waals surface area (Å²) in [5.41, 5.74) is 3.12. The second-order valence-electron chi connectivity index (χ2n) is 9.57. The van der Waals surface area contributed by atoms with Gasteiger partial charge in [-0.25, -0.2) is 13.2 Å². The zero-order valence-electron chi connectivity index (χ0n) is 21.1. The number of hydrazone groups is 1. The highest BCUT2D eigenvalue weighted by atomic mass is 32.2. The number of carbonyl (C=O) groups excluding carboxylic acids is 1. The first-order chi connectivity index (χ1) is 17.2. The minimum absolute atomic E-state index is 0.00493. The van der Waals surface area contributed by atoms with Gasteiger partial charge in [-0.05, 0) is 39.2 Å². The molecule has 1 aliphatic heterocycles. The van der Waals surface area contributed by atoms with E-state index in [4.69, 9.17) is 4.74 Å². The zero-order valence-corrected chi connectivity index (χ0v) is 22.8. The van der Waals surface area contributed by atoms with Crippen LogP contribution in [0.4, 0.5) is 18.3 Å². The minimum Gasteiger partial charge on any atom is -0.458 e. The number of ether oxygens (including phenoxy) is 1. The monoisotopic (exact) mass is 564 g/mol. The Hall–Kier alpha value is -2.55. The van der Waals surface area contributed by atoms with Crippen molar-refractivity contribution in [3.8, 4) is 0 Å². The van der Waals surface area contributed by atoms with E-state index in [0.29, 0.717) is 0 Å². The number of anilines is 1. The summed E-state index contributed by atoms with van der Waals surface area (Å²) >= 11 is 0.880. The highest BCUT2D eigenvalue weighted by molar-refractivity contribution is 7.90. The van der Waals surface area contributed by atoms with Crippen LogP contribution in [-0.4, -0.2) is 72.0 Å². The lowest BCUT2D eigenvalue weighted by molar-refractivity contribution is -0.106. The molecule has 1 fully saturated rings. The number of halogens is 3. The molecule has 0 bridgehead atoms. The standard InChI is InChI=1S/C22H31F3N6O4S2/c1-5-6-9-31-10-7-8-21(4)12-16(15(11-17(21)31)30-37(33,34)13-22(23,24)25)26-28-20-29-27-18(36-20)19(32)35-14(2)3/h11,14H,5-10,12-13H2,1-4H3,(H,28,29)/t21-/m0/s1. The van der Waals surface area contributed by atoms with Gasteiger partial charge in [-0.3, -0.25) is 5.43 Å². The molecule has 1 atom stereocenters. The van der Waals surface area contributed by atoms with Gasteiger partial charge in [-0.1, -0.05) is 31.6 Å². The Labute approximate surface area is 218 Å². The van der Waals surface area contributed by atoms with E-state index in [-0.39, 0.29) is 34.1 Å². The van der Waals surface area contributed by atoms with Crippen LogP contribution < -0.4 is 5.43 Å². The normalized spacial score (nSPS) is 22.8. The number of hydrogen-bond donors (Lipinski definition) is 1. The maximum absolute atomic E-state index is 12.9. The van der Waals surface area contributed by atoms with Gasteiger partial charge >= 0.3 is 12.1 Å². The third-order valence-electron chi connectivity index (χ3n) is 5.84. The van der Waals surface area contributed by atoms with Gasteiger partial charge < -0.3 is 9.64 Å². The molecule has 1 N–H and O–H groups in total. The van der Waals surface area contributed by atoms with Gasteiger partial charge in [0.1, 0.15) is 5.71 Å². The number of hydrogen-bond acceptors (Lipinski definition) is 10. The van der Waals surface area contributed by atoms with E-state index in [9.17, 15) is 26.4 Å². The first-order valence-corrected chi connectivity index (χ1v) is 14.4. The SMILES string of the molecule is CCCCN1CCC[C@@]2(C)CC(=NNc3nnc(C(=O)OC(C)C)s3)C(=NS(=O)(=O)CC(F)(F)F)C=C12. The summed E-state index contributed by atoms with van der Waals surface area (Å²) in [5, 5.41) is 12.0. The molecule has 15 heteroatoms. The van der Waals surface area contributed by atoms with Gasteiger partial charge in [0.05, 0.1) is 11.8 Å². The summed E-state index contributed by atoms with van der Waals surface area (Å²) in [6.07, 6.45) is 0.123. The number of alkyl halides is 3. The lowest BCUT2D eigenvalue weighted by atomic mass is 9.70. The Bertz CT molecular complexity index is 1190. The average molecular weight is 565 g/mol. The predicted octanol–water partition coefficient (Wildman–Crippen LogP) is 4.39. The van der Waals surface area contributed by atoms with Gasteiger partial charge in [0.2, 0.25) is 10.1 Å². The Morgan fingerprint density at radius 1 is 1.35 bits per heavy atom. The minimum atomic E-state index is -4.93. The number of carbonyl (C=O) groups is 1. The number of unbranched alkanes of at least 4 members (excludes halogenated alkanes) is 1. The molecule has 3 rings (SSSR count). The third kappa shape index (κ3) is 7.97. The molecule has 0 unspecified atom stereocenters. The second-order valence-corrected chi connectivity index (χ2v) is 12.2. The molecule has 1 aromatic rings. The molecule has 206 valence electrons.